The van der Waals surface area contributed by atoms with Gasteiger partial charge in [0, 0.05) is 12.6 Å². The summed E-state index contributed by atoms with van der Waals surface area (Å²) in [4.78, 5) is 0. The van der Waals surface area contributed by atoms with Crippen molar-refractivity contribution >= 4 is 6.21 Å². The van der Waals surface area contributed by atoms with Crippen molar-refractivity contribution in [1.29, 1.82) is 5.41 Å². The second kappa shape index (κ2) is 9.01. The molecule has 2 bridgehead atoms. The van der Waals surface area contributed by atoms with Crippen LogP contribution in [0, 0.1) is 22.7 Å². The summed E-state index contributed by atoms with van der Waals surface area (Å²) in [5.41, 5.74) is 5.40. The third-order valence-electron chi connectivity index (χ3n) is 9.65. The summed E-state index contributed by atoms with van der Waals surface area (Å²) in [6.07, 6.45) is 25.6. The third kappa shape index (κ3) is 3.92. The summed E-state index contributed by atoms with van der Waals surface area (Å²) in [6, 6.07) is 0. The maximum Gasteiger partial charge on any atom is 0.0974 e. The van der Waals surface area contributed by atoms with E-state index in [0.717, 1.165) is 68.9 Å². The molecule has 2 heterocycles. The van der Waals surface area contributed by atoms with Crippen molar-refractivity contribution in [3.63, 3.8) is 0 Å². The van der Waals surface area contributed by atoms with Crippen LogP contribution in [-0.2, 0) is 4.74 Å². The van der Waals surface area contributed by atoms with E-state index in [1.807, 2.05) is 0 Å². The number of allylic oxidation sites excluding steroid dienone is 9. The van der Waals surface area contributed by atoms with Crippen molar-refractivity contribution < 1.29 is 9.84 Å². The predicted molar refractivity (Wildman–Crippen MR) is 144 cm³/mol. The van der Waals surface area contributed by atoms with Crippen LogP contribution in [0.15, 0.2) is 83.6 Å². The molecule has 3 nitrogen and oxygen atoms in total. The molecule has 3 heteroatoms. The summed E-state index contributed by atoms with van der Waals surface area (Å²) in [6.45, 7) is 12.9. The van der Waals surface area contributed by atoms with E-state index >= 15 is 0 Å². The lowest BCUT2D eigenvalue weighted by molar-refractivity contribution is -0.145. The van der Waals surface area contributed by atoms with Crippen LogP contribution in [0.2, 0.25) is 0 Å². The van der Waals surface area contributed by atoms with E-state index in [9.17, 15) is 5.11 Å². The van der Waals surface area contributed by atoms with Crippen LogP contribution in [0.3, 0.4) is 0 Å². The van der Waals surface area contributed by atoms with Gasteiger partial charge in [-0.05, 0) is 96.5 Å². The van der Waals surface area contributed by atoms with Gasteiger partial charge >= 0.3 is 0 Å². The smallest absolute Gasteiger partial charge is 0.0974 e. The Morgan fingerprint density at radius 2 is 2.00 bits per heavy atom. The Balaban J connectivity index is 1.50. The van der Waals surface area contributed by atoms with E-state index in [1.165, 1.54) is 22.9 Å². The highest BCUT2D eigenvalue weighted by molar-refractivity contribution is 5.79. The fraction of sp³-hybridized carbons (Fsp3) is 0.531. The minimum absolute atomic E-state index is 0.0761. The molecular formula is C32H41NO2. The molecule has 5 rings (SSSR count). The van der Waals surface area contributed by atoms with Crippen molar-refractivity contribution in [2.75, 3.05) is 0 Å². The van der Waals surface area contributed by atoms with Crippen LogP contribution < -0.4 is 0 Å². The fourth-order valence-electron chi connectivity index (χ4n) is 7.98. The molecule has 0 aromatic carbocycles. The van der Waals surface area contributed by atoms with Crippen LogP contribution in [0.5, 0.6) is 0 Å². The Kier molecular flexibility index (Phi) is 6.30. The maximum atomic E-state index is 10.5. The second-order valence-corrected chi connectivity index (χ2v) is 11.7. The number of aliphatic hydroxyl groups excluding tert-OH is 1. The van der Waals surface area contributed by atoms with Gasteiger partial charge in [0.25, 0.3) is 0 Å². The Bertz CT molecular complexity index is 1090. The van der Waals surface area contributed by atoms with Gasteiger partial charge < -0.3 is 15.3 Å². The molecule has 2 aliphatic heterocycles. The van der Waals surface area contributed by atoms with Crippen LogP contribution in [0.25, 0.3) is 0 Å². The van der Waals surface area contributed by atoms with E-state index in [4.69, 9.17) is 10.1 Å². The number of fused-ring (bicyclic) bond motifs is 1. The number of aliphatic hydroxyl groups is 1. The van der Waals surface area contributed by atoms with Gasteiger partial charge in [0.1, 0.15) is 0 Å². The Hall–Kier alpha value is -2.23. The van der Waals surface area contributed by atoms with Gasteiger partial charge in [0.15, 0.2) is 0 Å². The molecule has 35 heavy (non-hydrogen) atoms. The quantitative estimate of drug-likeness (QED) is 0.302. The summed E-state index contributed by atoms with van der Waals surface area (Å²) >= 11 is 0. The van der Waals surface area contributed by atoms with E-state index in [0.29, 0.717) is 11.8 Å². The zero-order chi connectivity index (χ0) is 24.8. The fourth-order valence-corrected chi connectivity index (χ4v) is 7.98. The molecule has 3 fully saturated rings. The first-order valence-electron chi connectivity index (χ1n) is 13.5. The van der Waals surface area contributed by atoms with E-state index < -0.39 is 0 Å². The maximum absolute atomic E-state index is 10.5. The SMILES string of the molecule is C=C(/C=C\CC)/C=C\C(=C/C(=C)C=N)[C@H]1CC[C@@H]2[C@]1(C)CC=C1C=C3CC[C@H](O)C[C@]34CC[C@@]12O4. The first-order valence-corrected chi connectivity index (χ1v) is 13.5. The zero-order valence-electron chi connectivity index (χ0n) is 21.5. The molecule has 5 aliphatic rings. The van der Waals surface area contributed by atoms with Gasteiger partial charge in [0.05, 0.1) is 17.3 Å². The van der Waals surface area contributed by atoms with Gasteiger partial charge in [0.2, 0.25) is 0 Å². The average molecular weight is 472 g/mol. The van der Waals surface area contributed by atoms with Gasteiger partial charge in [-0.15, -0.1) is 0 Å². The normalized spacial score (nSPS) is 40.2. The van der Waals surface area contributed by atoms with Crippen molar-refractivity contribution in [2.24, 2.45) is 17.3 Å². The summed E-state index contributed by atoms with van der Waals surface area (Å²) in [5, 5.41) is 18.2. The van der Waals surface area contributed by atoms with Crippen LogP contribution in [0.4, 0.5) is 0 Å². The molecule has 1 saturated heterocycles. The molecule has 0 unspecified atom stereocenters. The average Bonchev–Trinajstić information content (AvgIpc) is 3.35. The first kappa shape index (κ1) is 24.5. The molecule has 0 amide bonds. The Morgan fingerprint density at radius 1 is 1.17 bits per heavy atom. The molecule has 186 valence electrons. The molecule has 0 radical (unpaired) electrons. The minimum Gasteiger partial charge on any atom is -0.393 e. The van der Waals surface area contributed by atoms with Crippen LogP contribution >= 0.6 is 0 Å². The molecule has 2 N–H and O–H groups in total. The lowest BCUT2D eigenvalue weighted by Crippen LogP contribution is -2.54. The lowest BCUT2D eigenvalue weighted by atomic mass is 9.57. The summed E-state index contributed by atoms with van der Waals surface area (Å²) < 4.78 is 7.19. The molecule has 0 aromatic heterocycles. The monoisotopic (exact) mass is 471 g/mol. The van der Waals surface area contributed by atoms with Gasteiger partial charge in [-0.2, -0.15) is 0 Å². The largest absolute Gasteiger partial charge is 0.393 e. The van der Waals surface area contributed by atoms with Crippen LogP contribution in [-0.4, -0.2) is 28.6 Å². The first-order chi connectivity index (χ1) is 16.8. The molecule has 2 saturated carbocycles. The summed E-state index contributed by atoms with van der Waals surface area (Å²) in [5.74, 6) is 0.822. The highest BCUT2D eigenvalue weighted by atomic mass is 16.5. The summed E-state index contributed by atoms with van der Waals surface area (Å²) in [7, 11) is 0. The van der Waals surface area contributed by atoms with Gasteiger partial charge in [-0.1, -0.05) is 69.5 Å². The molecule has 0 aromatic rings. The standard InChI is InChI=1S/C32H41NO2/c1-5-6-7-22(2)8-9-24(18-23(3)21-33)28-12-13-29-30(28,4)15-14-26-19-25-10-11-27(34)20-31(25)16-17-32(26,29)35-31/h6-9,14,18-19,21,27-29,33-34H,2-3,5,10-13,15-17,20H2,1,4H3/b7-6-,9-8-,24-18+,33-21?/t27-,28+,29+,30+,31+,32+/m0/s1. The predicted octanol–water partition coefficient (Wildman–Crippen LogP) is 7.33. The van der Waals surface area contributed by atoms with E-state index in [-0.39, 0.29) is 22.7 Å². The minimum atomic E-state index is -0.249. The highest BCUT2D eigenvalue weighted by Gasteiger charge is 2.66. The molecule has 6 atom stereocenters. The van der Waals surface area contributed by atoms with Crippen molar-refractivity contribution in [1.82, 2.24) is 0 Å². The van der Waals surface area contributed by atoms with Crippen molar-refractivity contribution in [2.45, 2.75) is 88.9 Å². The topological polar surface area (TPSA) is 53.3 Å². The van der Waals surface area contributed by atoms with Gasteiger partial charge in [-0.25, -0.2) is 0 Å². The Morgan fingerprint density at radius 3 is 2.77 bits per heavy atom. The van der Waals surface area contributed by atoms with E-state index in [2.05, 4.69) is 69.5 Å². The number of ether oxygens (including phenoxy) is 1. The van der Waals surface area contributed by atoms with Gasteiger partial charge in [-0.3, -0.25) is 0 Å². The highest BCUT2D eigenvalue weighted by Crippen LogP contribution is 2.68. The number of rotatable bonds is 7. The lowest BCUT2D eigenvalue weighted by Gasteiger charge is -2.54. The van der Waals surface area contributed by atoms with E-state index in [1.54, 1.807) is 0 Å². The Labute approximate surface area is 211 Å². The number of hydrogen-bond donors (Lipinski definition) is 2. The molecular weight excluding hydrogens is 430 g/mol. The van der Waals surface area contributed by atoms with Crippen LogP contribution in [0.1, 0.15) is 71.6 Å². The zero-order valence-corrected chi connectivity index (χ0v) is 21.5. The molecule has 2 spiro atoms. The second-order valence-electron chi connectivity index (χ2n) is 11.7. The molecule has 3 aliphatic carbocycles. The number of hydrogen-bond acceptors (Lipinski definition) is 3. The third-order valence-corrected chi connectivity index (χ3v) is 9.65. The van der Waals surface area contributed by atoms with Crippen molar-refractivity contribution in [3.8, 4) is 0 Å². The van der Waals surface area contributed by atoms with Crippen molar-refractivity contribution in [3.05, 3.63) is 83.6 Å². The number of nitrogens with one attached hydrogen (secondary N) is 1.